The highest BCUT2D eigenvalue weighted by atomic mass is 32.2. The lowest BCUT2D eigenvalue weighted by Crippen LogP contribution is -2.27. The standard InChI is InChI=1S/C20H26N2OS2/c1-6-10-22-18(23)16-14-9-8-13(20(3,4)5)12-15(14)25-17(16)21-19(22)24-11-7-2/h6-7,13H,1-2,8-12H2,3-5H3/t13-/m1/s1. The van der Waals surface area contributed by atoms with Crippen LogP contribution in [0.3, 0.4) is 0 Å². The maximum absolute atomic E-state index is 13.2. The molecule has 0 spiro atoms. The number of nitrogens with zero attached hydrogens (tertiary/aromatic N) is 2. The summed E-state index contributed by atoms with van der Waals surface area (Å²) in [7, 11) is 0. The molecule has 0 bridgehead atoms. The van der Waals surface area contributed by atoms with Gasteiger partial charge in [-0.2, -0.15) is 0 Å². The third-order valence-corrected chi connectivity index (χ3v) is 7.12. The van der Waals surface area contributed by atoms with Gasteiger partial charge in [0.1, 0.15) is 4.83 Å². The maximum atomic E-state index is 13.2. The number of rotatable bonds is 5. The number of thioether (sulfide) groups is 1. The second kappa shape index (κ2) is 7.12. The van der Waals surface area contributed by atoms with Gasteiger partial charge in [-0.05, 0) is 36.2 Å². The highest BCUT2D eigenvalue weighted by molar-refractivity contribution is 7.99. The molecule has 0 saturated heterocycles. The molecule has 2 aromatic heterocycles. The fourth-order valence-electron chi connectivity index (χ4n) is 3.51. The normalized spacial score (nSPS) is 17.5. The van der Waals surface area contributed by atoms with Gasteiger partial charge in [-0.15, -0.1) is 24.5 Å². The van der Waals surface area contributed by atoms with E-state index in [2.05, 4.69) is 33.9 Å². The van der Waals surface area contributed by atoms with Gasteiger partial charge in [-0.25, -0.2) is 4.98 Å². The number of thiophene rings is 1. The number of aryl methyl sites for hydroxylation is 1. The van der Waals surface area contributed by atoms with Gasteiger partial charge in [0.15, 0.2) is 5.16 Å². The molecular weight excluding hydrogens is 348 g/mol. The lowest BCUT2D eigenvalue weighted by molar-refractivity contribution is 0.218. The Morgan fingerprint density at radius 3 is 2.76 bits per heavy atom. The first-order valence-corrected chi connectivity index (χ1v) is 10.6. The molecule has 0 aliphatic heterocycles. The SMILES string of the molecule is C=CCSc1nc2sc3c(c2c(=O)n1CC=C)CC[C@@H](C(C)(C)C)C3. The number of hydrogen-bond donors (Lipinski definition) is 0. The molecule has 3 nitrogen and oxygen atoms in total. The van der Waals surface area contributed by atoms with E-state index >= 15 is 0 Å². The van der Waals surface area contributed by atoms with E-state index in [0.717, 1.165) is 40.4 Å². The van der Waals surface area contributed by atoms with Crippen LogP contribution in [0.25, 0.3) is 10.2 Å². The summed E-state index contributed by atoms with van der Waals surface area (Å²) in [6.45, 7) is 15.0. The molecule has 1 aliphatic carbocycles. The van der Waals surface area contributed by atoms with E-state index in [1.807, 2.05) is 6.08 Å². The van der Waals surface area contributed by atoms with Gasteiger partial charge in [0.25, 0.3) is 5.56 Å². The molecule has 1 aliphatic rings. The summed E-state index contributed by atoms with van der Waals surface area (Å²) in [6, 6.07) is 0. The van der Waals surface area contributed by atoms with Crippen molar-refractivity contribution < 1.29 is 0 Å². The zero-order valence-corrected chi connectivity index (χ0v) is 16.9. The van der Waals surface area contributed by atoms with Crippen LogP contribution in [-0.2, 0) is 19.4 Å². The Bertz CT molecular complexity index is 870. The molecule has 0 amide bonds. The quantitative estimate of drug-likeness (QED) is 0.416. The van der Waals surface area contributed by atoms with E-state index in [9.17, 15) is 4.79 Å². The van der Waals surface area contributed by atoms with Crippen LogP contribution in [-0.4, -0.2) is 15.3 Å². The molecule has 3 rings (SSSR count). The highest BCUT2D eigenvalue weighted by Crippen LogP contribution is 2.42. The summed E-state index contributed by atoms with van der Waals surface area (Å²) >= 11 is 3.28. The molecule has 0 unspecified atom stereocenters. The number of fused-ring (bicyclic) bond motifs is 3. The summed E-state index contributed by atoms with van der Waals surface area (Å²) in [5.74, 6) is 1.41. The second-order valence-electron chi connectivity index (χ2n) is 7.69. The topological polar surface area (TPSA) is 34.9 Å². The highest BCUT2D eigenvalue weighted by Gasteiger charge is 2.32. The molecule has 5 heteroatoms. The second-order valence-corrected chi connectivity index (χ2v) is 9.76. The largest absolute Gasteiger partial charge is 0.283 e. The molecule has 0 saturated carbocycles. The molecule has 1 atom stereocenters. The van der Waals surface area contributed by atoms with Crippen LogP contribution in [0.15, 0.2) is 35.3 Å². The predicted octanol–water partition coefficient (Wildman–Crippen LogP) is 5.07. The predicted molar refractivity (Wildman–Crippen MR) is 110 cm³/mol. The Kier molecular flexibility index (Phi) is 5.26. The van der Waals surface area contributed by atoms with Crippen molar-refractivity contribution in [3.8, 4) is 0 Å². The summed E-state index contributed by atoms with van der Waals surface area (Å²) in [4.78, 5) is 20.3. The zero-order valence-electron chi connectivity index (χ0n) is 15.3. The van der Waals surface area contributed by atoms with Crippen LogP contribution >= 0.6 is 23.1 Å². The third-order valence-electron chi connectivity index (χ3n) is 5.00. The first kappa shape index (κ1) is 18.5. The van der Waals surface area contributed by atoms with Gasteiger partial charge in [-0.3, -0.25) is 9.36 Å². The molecular formula is C20H26N2OS2. The Morgan fingerprint density at radius 2 is 2.12 bits per heavy atom. The Morgan fingerprint density at radius 1 is 1.36 bits per heavy atom. The zero-order chi connectivity index (χ0) is 18.2. The summed E-state index contributed by atoms with van der Waals surface area (Å²) in [5.41, 5.74) is 1.63. The lowest BCUT2D eigenvalue weighted by atomic mass is 9.72. The van der Waals surface area contributed by atoms with Crippen LogP contribution in [0.1, 0.15) is 37.6 Å². The van der Waals surface area contributed by atoms with Crippen molar-refractivity contribution in [3.05, 3.63) is 46.1 Å². The van der Waals surface area contributed by atoms with Crippen LogP contribution in [0.2, 0.25) is 0 Å². The fourth-order valence-corrected chi connectivity index (χ4v) is 5.60. The first-order valence-electron chi connectivity index (χ1n) is 8.76. The minimum absolute atomic E-state index is 0.0863. The van der Waals surface area contributed by atoms with E-state index in [1.54, 1.807) is 33.7 Å². The molecule has 0 radical (unpaired) electrons. The van der Waals surface area contributed by atoms with Gasteiger partial charge in [0.2, 0.25) is 0 Å². The molecule has 0 aromatic carbocycles. The van der Waals surface area contributed by atoms with Gasteiger partial charge in [-0.1, -0.05) is 44.7 Å². The number of allylic oxidation sites excluding steroid dienone is 1. The van der Waals surface area contributed by atoms with Crippen molar-refractivity contribution in [1.82, 2.24) is 9.55 Å². The molecule has 134 valence electrons. The fraction of sp³-hybridized carbons (Fsp3) is 0.500. The van der Waals surface area contributed by atoms with Crippen LogP contribution in [0.5, 0.6) is 0 Å². The molecule has 0 N–H and O–H groups in total. The average molecular weight is 375 g/mol. The van der Waals surface area contributed by atoms with E-state index < -0.39 is 0 Å². The van der Waals surface area contributed by atoms with Crippen molar-refractivity contribution >= 4 is 33.3 Å². The Balaban J connectivity index is 2.13. The maximum Gasteiger partial charge on any atom is 0.263 e. The van der Waals surface area contributed by atoms with Crippen LogP contribution in [0, 0.1) is 11.3 Å². The lowest BCUT2D eigenvalue weighted by Gasteiger charge is -2.33. The van der Waals surface area contributed by atoms with Crippen molar-refractivity contribution in [3.63, 3.8) is 0 Å². The van der Waals surface area contributed by atoms with Crippen molar-refractivity contribution in [1.29, 1.82) is 0 Å². The van der Waals surface area contributed by atoms with E-state index in [4.69, 9.17) is 4.98 Å². The van der Waals surface area contributed by atoms with Crippen molar-refractivity contribution in [2.75, 3.05) is 5.75 Å². The van der Waals surface area contributed by atoms with Crippen LogP contribution in [0.4, 0.5) is 0 Å². The van der Waals surface area contributed by atoms with Crippen LogP contribution < -0.4 is 5.56 Å². The smallest absolute Gasteiger partial charge is 0.263 e. The number of hydrogen-bond acceptors (Lipinski definition) is 4. The minimum atomic E-state index is 0.0863. The van der Waals surface area contributed by atoms with Crippen molar-refractivity contribution in [2.24, 2.45) is 11.3 Å². The Hall–Kier alpha value is -1.33. The van der Waals surface area contributed by atoms with E-state index in [0.29, 0.717) is 17.9 Å². The van der Waals surface area contributed by atoms with Gasteiger partial charge < -0.3 is 0 Å². The third kappa shape index (κ3) is 3.49. The van der Waals surface area contributed by atoms with Gasteiger partial charge in [0.05, 0.1) is 5.39 Å². The number of aromatic nitrogens is 2. The minimum Gasteiger partial charge on any atom is -0.283 e. The molecule has 0 fully saturated rings. The summed E-state index contributed by atoms with van der Waals surface area (Å²) in [5, 5.41) is 1.61. The van der Waals surface area contributed by atoms with E-state index in [1.165, 1.54) is 10.4 Å². The summed E-state index contributed by atoms with van der Waals surface area (Å²) in [6.07, 6.45) is 6.81. The summed E-state index contributed by atoms with van der Waals surface area (Å²) < 4.78 is 1.76. The molecule has 2 heterocycles. The molecule has 2 aromatic rings. The first-order chi connectivity index (χ1) is 11.9. The molecule has 25 heavy (non-hydrogen) atoms. The van der Waals surface area contributed by atoms with E-state index in [-0.39, 0.29) is 5.56 Å². The average Bonchev–Trinajstić information content (AvgIpc) is 2.92. The van der Waals surface area contributed by atoms with Crippen molar-refractivity contribution in [2.45, 2.75) is 51.7 Å². The van der Waals surface area contributed by atoms with Gasteiger partial charge >= 0.3 is 0 Å². The Labute approximate surface area is 157 Å². The monoisotopic (exact) mass is 374 g/mol. The van der Waals surface area contributed by atoms with Gasteiger partial charge in [0, 0.05) is 17.2 Å².